The second kappa shape index (κ2) is 9.20. The second-order valence-corrected chi connectivity index (χ2v) is 10.2. The summed E-state index contributed by atoms with van der Waals surface area (Å²) in [5.74, 6) is 0.523. The summed E-state index contributed by atoms with van der Waals surface area (Å²) in [5, 5.41) is 0.915. The minimum Gasteiger partial charge on any atom is -0.457 e. The Morgan fingerprint density at radius 2 is 1.66 bits per heavy atom. The molecule has 0 spiro atoms. The molecule has 1 aliphatic heterocycles. The maximum absolute atomic E-state index is 13.4. The second-order valence-electron chi connectivity index (χ2n) is 7.73. The molecule has 0 aliphatic carbocycles. The summed E-state index contributed by atoms with van der Waals surface area (Å²) in [6, 6.07) is 17.9. The van der Waals surface area contributed by atoms with Crippen LogP contribution in [0.4, 0.5) is 5.69 Å². The highest BCUT2D eigenvalue weighted by Crippen LogP contribution is 2.39. The Balaban J connectivity index is 1.51. The van der Waals surface area contributed by atoms with E-state index in [-0.39, 0.29) is 21.5 Å². The van der Waals surface area contributed by atoms with E-state index < -0.39 is 0 Å². The molecule has 3 heterocycles. The van der Waals surface area contributed by atoms with Gasteiger partial charge in [0.1, 0.15) is 17.2 Å². The van der Waals surface area contributed by atoms with Crippen LogP contribution in [0.15, 0.2) is 74.8 Å². The highest BCUT2D eigenvalue weighted by molar-refractivity contribution is 8.27. The SMILES string of the molecule is Cc1c(N2C(=O)/C(=C\c3ccc(-c4c(Cl)cccc4Cl)o3)SC2=S)c(=O)n(-c2ccccc2)n1C. The molecule has 1 aliphatic rings. The zero-order valence-electron chi connectivity index (χ0n) is 18.5. The Kier molecular flexibility index (Phi) is 6.23. The number of halogens is 2. The number of benzene rings is 2. The number of furan rings is 1. The van der Waals surface area contributed by atoms with Crippen LogP contribution in [-0.4, -0.2) is 19.6 Å². The van der Waals surface area contributed by atoms with Crippen molar-refractivity contribution in [2.45, 2.75) is 6.92 Å². The quantitative estimate of drug-likeness (QED) is 0.219. The Morgan fingerprint density at radius 1 is 0.971 bits per heavy atom. The minimum absolute atomic E-state index is 0.227. The maximum Gasteiger partial charge on any atom is 0.296 e. The molecule has 2 aromatic carbocycles. The van der Waals surface area contributed by atoms with E-state index in [1.807, 2.05) is 30.3 Å². The van der Waals surface area contributed by atoms with Crippen molar-refractivity contribution in [3.63, 3.8) is 0 Å². The van der Waals surface area contributed by atoms with Gasteiger partial charge in [-0.1, -0.05) is 71.4 Å². The lowest BCUT2D eigenvalue weighted by molar-refractivity contribution is -0.113. The number of amides is 1. The zero-order valence-corrected chi connectivity index (χ0v) is 21.6. The molecule has 2 aromatic heterocycles. The van der Waals surface area contributed by atoms with E-state index in [9.17, 15) is 9.59 Å². The number of nitrogens with zero attached hydrogens (tertiary/aromatic N) is 3. The number of thioether (sulfide) groups is 1. The molecule has 4 aromatic rings. The van der Waals surface area contributed by atoms with E-state index in [0.717, 1.165) is 11.8 Å². The molecule has 0 bridgehead atoms. The van der Waals surface area contributed by atoms with Gasteiger partial charge in [0.2, 0.25) is 0 Å². The molecule has 35 heavy (non-hydrogen) atoms. The van der Waals surface area contributed by atoms with E-state index in [1.165, 1.54) is 9.58 Å². The smallest absolute Gasteiger partial charge is 0.296 e. The van der Waals surface area contributed by atoms with E-state index in [0.29, 0.717) is 43.4 Å². The largest absolute Gasteiger partial charge is 0.457 e. The lowest BCUT2D eigenvalue weighted by Gasteiger charge is -2.12. The average Bonchev–Trinajstić information content (AvgIpc) is 3.45. The van der Waals surface area contributed by atoms with Crippen molar-refractivity contribution in [3.8, 4) is 17.0 Å². The number of hydrogen-bond donors (Lipinski definition) is 0. The molecular weight excluding hydrogens is 525 g/mol. The number of carbonyl (C=O) groups excluding carboxylic acids is 1. The third-order valence-electron chi connectivity index (χ3n) is 5.65. The van der Waals surface area contributed by atoms with E-state index in [1.54, 1.807) is 55.1 Å². The summed E-state index contributed by atoms with van der Waals surface area (Å²) in [5.41, 5.74) is 1.78. The fraction of sp³-hybridized carbons (Fsp3) is 0.0800. The number of anilines is 1. The highest BCUT2D eigenvalue weighted by atomic mass is 35.5. The van der Waals surface area contributed by atoms with Gasteiger partial charge in [0, 0.05) is 13.1 Å². The molecule has 0 N–H and O–H groups in total. The van der Waals surface area contributed by atoms with Crippen molar-refractivity contribution in [2.24, 2.45) is 7.05 Å². The van der Waals surface area contributed by atoms with Crippen molar-refractivity contribution in [2.75, 3.05) is 4.90 Å². The van der Waals surface area contributed by atoms with Gasteiger partial charge < -0.3 is 4.42 Å². The zero-order chi connectivity index (χ0) is 24.9. The first-order valence-corrected chi connectivity index (χ1v) is 12.4. The van der Waals surface area contributed by atoms with Crippen LogP contribution in [0, 0.1) is 6.92 Å². The van der Waals surface area contributed by atoms with Crippen LogP contribution in [0.3, 0.4) is 0 Å². The minimum atomic E-state index is -0.389. The molecule has 0 unspecified atom stereocenters. The first-order valence-electron chi connectivity index (χ1n) is 10.4. The first kappa shape index (κ1) is 23.7. The summed E-state index contributed by atoms with van der Waals surface area (Å²) in [6.07, 6.45) is 1.60. The van der Waals surface area contributed by atoms with Gasteiger partial charge in [0.25, 0.3) is 11.5 Å². The number of thiocarbonyl (C=S) groups is 1. The molecule has 1 saturated heterocycles. The molecule has 0 saturated carbocycles. The van der Waals surface area contributed by atoms with Crippen molar-refractivity contribution >= 4 is 69.2 Å². The number of aromatic nitrogens is 2. The summed E-state index contributed by atoms with van der Waals surface area (Å²) >= 11 is 19.2. The van der Waals surface area contributed by atoms with Gasteiger partial charge in [0.15, 0.2) is 4.32 Å². The van der Waals surface area contributed by atoms with Crippen molar-refractivity contribution in [1.29, 1.82) is 0 Å². The number of rotatable bonds is 4. The first-order chi connectivity index (χ1) is 16.8. The Morgan fingerprint density at radius 3 is 2.34 bits per heavy atom. The predicted molar refractivity (Wildman–Crippen MR) is 146 cm³/mol. The predicted octanol–water partition coefficient (Wildman–Crippen LogP) is 6.46. The monoisotopic (exact) mass is 541 g/mol. The molecule has 0 radical (unpaired) electrons. The third-order valence-corrected chi connectivity index (χ3v) is 7.58. The molecule has 0 atom stereocenters. The van der Waals surface area contributed by atoms with Gasteiger partial charge in [-0.3, -0.25) is 19.2 Å². The van der Waals surface area contributed by atoms with Gasteiger partial charge >= 0.3 is 0 Å². The van der Waals surface area contributed by atoms with Crippen LogP contribution in [0.25, 0.3) is 23.1 Å². The van der Waals surface area contributed by atoms with Gasteiger partial charge in [-0.05, 0) is 43.3 Å². The lowest BCUT2D eigenvalue weighted by atomic mass is 10.2. The Bertz CT molecular complexity index is 1560. The molecule has 6 nitrogen and oxygen atoms in total. The number of carbonyl (C=O) groups is 1. The fourth-order valence-electron chi connectivity index (χ4n) is 3.90. The van der Waals surface area contributed by atoms with Crippen molar-refractivity contribution < 1.29 is 9.21 Å². The van der Waals surface area contributed by atoms with Crippen LogP contribution in [-0.2, 0) is 11.8 Å². The summed E-state index contributed by atoms with van der Waals surface area (Å²) in [7, 11) is 1.77. The van der Waals surface area contributed by atoms with Crippen LogP contribution < -0.4 is 10.5 Å². The molecule has 5 rings (SSSR count). The summed E-state index contributed by atoms with van der Waals surface area (Å²) in [6.45, 7) is 1.78. The maximum atomic E-state index is 13.4. The van der Waals surface area contributed by atoms with Crippen LogP contribution >= 0.6 is 47.2 Å². The standard InChI is InChI=1S/C25H17Cl2N3O3S2/c1-14-22(24(32)30(28(14)2)15-7-4-3-5-8-15)29-23(31)20(35-25(29)34)13-16-11-12-19(33-16)21-17(26)9-6-10-18(21)27/h3-13H,1-2H3/b20-13+. The summed E-state index contributed by atoms with van der Waals surface area (Å²) in [4.78, 5) is 28.4. The molecular formula is C25H17Cl2N3O3S2. The molecule has 1 amide bonds. The summed E-state index contributed by atoms with van der Waals surface area (Å²) < 4.78 is 9.40. The van der Waals surface area contributed by atoms with E-state index in [2.05, 4.69) is 0 Å². The van der Waals surface area contributed by atoms with Gasteiger partial charge in [-0.15, -0.1) is 0 Å². The van der Waals surface area contributed by atoms with Gasteiger partial charge in [0.05, 0.1) is 31.9 Å². The van der Waals surface area contributed by atoms with Gasteiger partial charge in [-0.2, -0.15) is 0 Å². The van der Waals surface area contributed by atoms with Crippen molar-refractivity contribution in [1.82, 2.24) is 9.36 Å². The van der Waals surface area contributed by atoms with Crippen LogP contribution in [0.5, 0.6) is 0 Å². The Hall–Kier alpha value is -3.04. The highest BCUT2D eigenvalue weighted by Gasteiger charge is 2.38. The number of hydrogen-bond acceptors (Lipinski definition) is 5. The van der Waals surface area contributed by atoms with Gasteiger partial charge in [-0.25, -0.2) is 4.68 Å². The molecule has 176 valence electrons. The van der Waals surface area contributed by atoms with E-state index >= 15 is 0 Å². The topological polar surface area (TPSA) is 60.4 Å². The third kappa shape index (κ3) is 4.06. The molecule has 10 heteroatoms. The Labute approximate surface area is 220 Å². The number of para-hydroxylation sites is 1. The lowest BCUT2D eigenvalue weighted by Crippen LogP contribution is -2.33. The average molecular weight is 542 g/mol. The van der Waals surface area contributed by atoms with Crippen molar-refractivity contribution in [3.05, 3.63) is 97.4 Å². The normalized spacial score (nSPS) is 15.0. The van der Waals surface area contributed by atoms with E-state index in [4.69, 9.17) is 39.8 Å². The fourth-order valence-corrected chi connectivity index (χ4v) is 5.73. The van der Waals surface area contributed by atoms with Crippen LogP contribution in [0.2, 0.25) is 10.0 Å². The molecule has 1 fully saturated rings. The van der Waals surface area contributed by atoms with Crippen LogP contribution in [0.1, 0.15) is 11.5 Å².